The van der Waals surface area contributed by atoms with E-state index < -0.39 is 0 Å². The van der Waals surface area contributed by atoms with Gasteiger partial charge in [0.15, 0.2) is 11.6 Å². The van der Waals surface area contributed by atoms with Crippen LogP contribution in [0.4, 0.5) is 0 Å². The highest BCUT2D eigenvalue weighted by molar-refractivity contribution is 6.28. The van der Waals surface area contributed by atoms with Gasteiger partial charge in [-0.3, -0.25) is 14.4 Å². The third kappa shape index (κ3) is 2.68. The number of fused-ring (bicyclic) bond motifs is 2. The number of hydrogen-bond donors (Lipinski definition) is 0. The first-order chi connectivity index (χ1) is 11.1. The summed E-state index contributed by atoms with van der Waals surface area (Å²) in [5.74, 6) is -0.608. The summed E-state index contributed by atoms with van der Waals surface area (Å²) in [4.78, 5) is 36.9. The molecular formula is C19H16O4. The van der Waals surface area contributed by atoms with E-state index in [0.717, 1.165) is 0 Å². The number of carbonyl (C=O) groups is 3. The highest BCUT2D eigenvalue weighted by atomic mass is 16.5. The van der Waals surface area contributed by atoms with Gasteiger partial charge in [-0.25, -0.2) is 0 Å². The van der Waals surface area contributed by atoms with Crippen LogP contribution < -0.4 is 0 Å². The fraction of sp³-hybridized carbons (Fsp3) is 0.211. The first kappa shape index (κ1) is 15.2. The molecule has 0 saturated heterocycles. The second-order valence-electron chi connectivity index (χ2n) is 5.35. The Balaban J connectivity index is 1.99. The second-order valence-corrected chi connectivity index (χ2v) is 5.35. The lowest BCUT2D eigenvalue weighted by Gasteiger charge is -2.20. The second kappa shape index (κ2) is 6.16. The van der Waals surface area contributed by atoms with Crippen molar-refractivity contribution in [2.24, 2.45) is 0 Å². The molecule has 1 aliphatic rings. The molecule has 0 spiro atoms. The molecule has 0 bridgehead atoms. The largest absolute Gasteiger partial charge is 0.466 e. The zero-order valence-corrected chi connectivity index (χ0v) is 12.8. The van der Waals surface area contributed by atoms with Crippen LogP contribution in [0.15, 0.2) is 42.5 Å². The van der Waals surface area contributed by atoms with E-state index in [2.05, 4.69) is 0 Å². The van der Waals surface area contributed by atoms with Gasteiger partial charge in [-0.15, -0.1) is 0 Å². The monoisotopic (exact) mass is 308 g/mol. The molecule has 2 aromatic rings. The molecule has 4 nitrogen and oxygen atoms in total. The number of ether oxygens (including phenoxy) is 1. The van der Waals surface area contributed by atoms with Gasteiger partial charge in [0.2, 0.25) is 0 Å². The molecule has 0 heterocycles. The minimum Gasteiger partial charge on any atom is -0.466 e. The summed E-state index contributed by atoms with van der Waals surface area (Å²) in [7, 11) is 0. The minimum absolute atomic E-state index is 0.145. The number of aryl methyl sites for hydroxylation is 1. The van der Waals surface area contributed by atoms with Gasteiger partial charge >= 0.3 is 5.97 Å². The maximum atomic E-state index is 12.8. The fourth-order valence-corrected chi connectivity index (χ4v) is 2.89. The van der Waals surface area contributed by atoms with Gasteiger partial charge in [0, 0.05) is 28.7 Å². The molecule has 0 saturated carbocycles. The molecule has 0 unspecified atom stereocenters. The summed E-state index contributed by atoms with van der Waals surface area (Å²) in [6, 6.07) is 12.0. The first-order valence-corrected chi connectivity index (χ1v) is 7.59. The van der Waals surface area contributed by atoms with Gasteiger partial charge in [-0.05, 0) is 18.9 Å². The van der Waals surface area contributed by atoms with Crippen LogP contribution in [0.2, 0.25) is 0 Å². The molecular weight excluding hydrogens is 292 g/mol. The summed E-state index contributed by atoms with van der Waals surface area (Å²) >= 11 is 0. The lowest BCUT2D eigenvalue weighted by Crippen LogP contribution is -2.22. The molecule has 1 aliphatic carbocycles. The number of benzene rings is 2. The Morgan fingerprint density at radius 2 is 1.57 bits per heavy atom. The molecule has 0 N–H and O–H groups in total. The standard InChI is InChI=1S/C19H16O4/c1-2-23-16(20)11-10-12-6-5-9-15-17(12)19(22)14-8-4-3-7-13(14)18(15)21/h3-9H,2,10-11H2,1H3. The topological polar surface area (TPSA) is 60.4 Å². The SMILES string of the molecule is CCOC(=O)CCc1cccc2c1C(=O)c1ccccc1C2=O. The third-order valence-electron chi connectivity index (χ3n) is 3.94. The Hall–Kier alpha value is -2.75. The lowest BCUT2D eigenvalue weighted by molar-refractivity contribution is -0.143. The van der Waals surface area contributed by atoms with Crippen molar-refractivity contribution < 1.29 is 19.1 Å². The van der Waals surface area contributed by atoms with Crippen LogP contribution in [0.5, 0.6) is 0 Å². The summed E-state index contributed by atoms with van der Waals surface area (Å²) < 4.78 is 4.92. The Morgan fingerprint density at radius 1 is 0.913 bits per heavy atom. The van der Waals surface area contributed by atoms with Crippen molar-refractivity contribution in [1.82, 2.24) is 0 Å². The average Bonchev–Trinajstić information content (AvgIpc) is 2.58. The Morgan fingerprint density at radius 3 is 2.26 bits per heavy atom. The third-order valence-corrected chi connectivity index (χ3v) is 3.94. The predicted molar refractivity (Wildman–Crippen MR) is 84.7 cm³/mol. The molecule has 0 atom stereocenters. The molecule has 0 aromatic heterocycles. The van der Waals surface area contributed by atoms with Gasteiger partial charge in [-0.1, -0.05) is 42.5 Å². The normalized spacial score (nSPS) is 12.6. The molecule has 3 rings (SSSR count). The zero-order valence-electron chi connectivity index (χ0n) is 12.8. The molecule has 23 heavy (non-hydrogen) atoms. The molecule has 116 valence electrons. The van der Waals surface area contributed by atoms with Gasteiger partial charge in [0.05, 0.1) is 6.61 Å². The minimum atomic E-state index is -0.305. The van der Waals surface area contributed by atoms with E-state index in [9.17, 15) is 14.4 Å². The summed E-state index contributed by atoms with van der Waals surface area (Å²) in [5.41, 5.74) is 2.40. The fourth-order valence-electron chi connectivity index (χ4n) is 2.89. The van der Waals surface area contributed by atoms with Crippen LogP contribution in [0.3, 0.4) is 0 Å². The van der Waals surface area contributed by atoms with Gasteiger partial charge in [0.1, 0.15) is 0 Å². The van der Waals surface area contributed by atoms with Crippen molar-refractivity contribution >= 4 is 17.5 Å². The van der Waals surface area contributed by atoms with Crippen molar-refractivity contribution in [3.05, 3.63) is 70.3 Å². The van der Waals surface area contributed by atoms with E-state index in [1.807, 2.05) is 0 Å². The smallest absolute Gasteiger partial charge is 0.306 e. The van der Waals surface area contributed by atoms with E-state index in [0.29, 0.717) is 40.8 Å². The molecule has 4 heteroatoms. The summed E-state index contributed by atoms with van der Waals surface area (Å²) in [6.45, 7) is 2.08. The Bertz CT molecular complexity index is 805. The van der Waals surface area contributed by atoms with E-state index in [-0.39, 0.29) is 24.0 Å². The Labute approximate surface area is 134 Å². The molecule has 0 aliphatic heterocycles. The molecule has 2 aromatic carbocycles. The van der Waals surface area contributed by atoms with Crippen molar-refractivity contribution in [1.29, 1.82) is 0 Å². The van der Waals surface area contributed by atoms with Crippen LogP contribution in [-0.2, 0) is 16.0 Å². The predicted octanol–water partition coefficient (Wildman–Crippen LogP) is 2.96. The van der Waals surface area contributed by atoms with Crippen LogP contribution in [0.25, 0.3) is 0 Å². The van der Waals surface area contributed by atoms with Crippen LogP contribution >= 0.6 is 0 Å². The zero-order chi connectivity index (χ0) is 16.4. The van der Waals surface area contributed by atoms with Crippen LogP contribution in [0.1, 0.15) is 50.8 Å². The number of carbonyl (C=O) groups excluding carboxylic acids is 3. The maximum absolute atomic E-state index is 12.8. The van der Waals surface area contributed by atoms with Crippen molar-refractivity contribution in [3.63, 3.8) is 0 Å². The average molecular weight is 308 g/mol. The van der Waals surface area contributed by atoms with E-state index in [4.69, 9.17) is 4.74 Å². The molecule has 0 fully saturated rings. The molecule has 0 amide bonds. The molecule has 0 radical (unpaired) electrons. The van der Waals surface area contributed by atoms with E-state index in [1.165, 1.54) is 0 Å². The van der Waals surface area contributed by atoms with Gasteiger partial charge in [-0.2, -0.15) is 0 Å². The van der Waals surface area contributed by atoms with Gasteiger partial charge in [0.25, 0.3) is 0 Å². The van der Waals surface area contributed by atoms with Gasteiger partial charge < -0.3 is 4.74 Å². The highest BCUT2D eigenvalue weighted by Crippen LogP contribution is 2.29. The highest BCUT2D eigenvalue weighted by Gasteiger charge is 2.31. The van der Waals surface area contributed by atoms with Crippen molar-refractivity contribution in [2.45, 2.75) is 19.8 Å². The maximum Gasteiger partial charge on any atom is 0.306 e. The number of ketones is 2. The number of hydrogen-bond acceptors (Lipinski definition) is 4. The van der Waals surface area contributed by atoms with Crippen LogP contribution in [-0.4, -0.2) is 24.1 Å². The van der Waals surface area contributed by atoms with Crippen LogP contribution in [0, 0.1) is 0 Å². The van der Waals surface area contributed by atoms with Crippen molar-refractivity contribution in [3.8, 4) is 0 Å². The van der Waals surface area contributed by atoms with E-state index >= 15 is 0 Å². The van der Waals surface area contributed by atoms with E-state index in [1.54, 1.807) is 49.4 Å². The Kier molecular flexibility index (Phi) is 4.06. The first-order valence-electron chi connectivity index (χ1n) is 7.59. The summed E-state index contributed by atoms with van der Waals surface area (Å²) in [5, 5.41) is 0. The number of esters is 1. The lowest BCUT2D eigenvalue weighted by atomic mass is 9.81. The number of rotatable bonds is 4. The quantitative estimate of drug-likeness (QED) is 0.695. The van der Waals surface area contributed by atoms with Crippen molar-refractivity contribution in [2.75, 3.05) is 6.61 Å². The summed E-state index contributed by atoms with van der Waals surface area (Å²) in [6.07, 6.45) is 0.566.